The van der Waals surface area contributed by atoms with Gasteiger partial charge >= 0.3 is 0 Å². The molecule has 0 bridgehead atoms. The Bertz CT molecular complexity index is 386. The molecular weight excluding hydrogens is 254 g/mol. The second kappa shape index (κ2) is 3.65. The van der Waals surface area contributed by atoms with E-state index in [1.54, 1.807) is 4.09 Å². The minimum absolute atomic E-state index is 0.264. The number of halogens is 1. The molecule has 3 rings (SSSR count). The zero-order valence-electron chi connectivity index (χ0n) is 8.27. The number of hydrogen-bond donors (Lipinski definition) is 0. The molecular formula is C12H12BrNO. The number of hydrogen-bond acceptors (Lipinski definition) is 2. The van der Waals surface area contributed by atoms with Gasteiger partial charge in [0.25, 0.3) is 0 Å². The molecule has 78 valence electrons. The Labute approximate surface area is 97.8 Å². The van der Waals surface area contributed by atoms with E-state index >= 15 is 0 Å². The molecule has 2 nitrogen and oxygen atoms in total. The molecule has 3 heteroatoms. The Morgan fingerprint density at radius 2 is 1.93 bits per heavy atom. The van der Waals surface area contributed by atoms with Crippen molar-refractivity contribution >= 4 is 21.8 Å². The van der Waals surface area contributed by atoms with E-state index in [2.05, 4.69) is 34.4 Å². The van der Waals surface area contributed by atoms with Crippen molar-refractivity contribution in [2.24, 2.45) is 5.92 Å². The van der Waals surface area contributed by atoms with Crippen LogP contribution < -0.4 is 0 Å². The predicted molar refractivity (Wildman–Crippen MR) is 62.8 cm³/mol. The molecule has 1 fully saturated rings. The number of nitrogens with zero attached hydrogens (tertiary/aromatic N) is 1. The smallest absolute Gasteiger partial charge is 0.110 e. The van der Waals surface area contributed by atoms with Gasteiger partial charge in [-0.2, -0.15) is 4.09 Å². The topological polar surface area (TPSA) is 12.5 Å². The first-order chi connectivity index (χ1) is 7.34. The molecule has 0 amide bonds. The van der Waals surface area contributed by atoms with Crippen LogP contribution in [0.2, 0.25) is 0 Å². The minimum atomic E-state index is 0.264. The number of benzene rings is 1. The SMILES string of the molecule is BrN1OC(C2CC2)C=C1c1ccccc1. The van der Waals surface area contributed by atoms with Crippen LogP contribution >= 0.6 is 16.1 Å². The fourth-order valence-corrected chi connectivity index (χ4v) is 2.38. The summed E-state index contributed by atoms with van der Waals surface area (Å²) < 4.78 is 1.71. The van der Waals surface area contributed by atoms with Gasteiger partial charge in [-0.1, -0.05) is 30.3 Å². The first-order valence-corrected chi connectivity index (χ1v) is 5.95. The first kappa shape index (κ1) is 9.43. The molecule has 0 radical (unpaired) electrons. The monoisotopic (exact) mass is 265 g/mol. The molecule has 2 aliphatic rings. The second-order valence-corrected chi connectivity index (χ2v) is 4.71. The predicted octanol–water partition coefficient (Wildman–Crippen LogP) is 3.36. The Kier molecular flexibility index (Phi) is 2.29. The van der Waals surface area contributed by atoms with Gasteiger partial charge in [0.2, 0.25) is 0 Å². The molecule has 15 heavy (non-hydrogen) atoms. The van der Waals surface area contributed by atoms with Crippen LogP contribution in [-0.2, 0) is 4.84 Å². The van der Waals surface area contributed by atoms with E-state index in [9.17, 15) is 0 Å². The van der Waals surface area contributed by atoms with Crippen LogP contribution in [0.4, 0.5) is 0 Å². The van der Waals surface area contributed by atoms with Crippen molar-refractivity contribution in [2.75, 3.05) is 0 Å². The normalized spacial score (nSPS) is 25.5. The highest BCUT2D eigenvalue weighted by molar-refractivity contribution is 9.07. The van der Waals surface area contributed by atoms with E-state index in [4.69, 9.17) is 4.84 Å². The van der Waals surface area contributed by atoms with Gasteiger partial charge in [0, 0.05) is 5.56 Å². The van der Waals surface area contributed by atoms with E-state index in [0.29, 0.717) is 0 Å². The van der Waals surface area contributed by atoms with Crippen molar-refractivity contribution in [2.45, 2.75) is 18.9 Å². The van der Waals surface area contributed by atoms with E-state index in [1.807, 2.05) is 18.2 Å². The first-order valence-electron chi connectivity index (χ1n) is 5.24. The zero-order chi connectivity index (χ0) is 10.3. The number of rotatable bonds is 2. The average Bonchev–Trinajstić information content (AvgIpc) is 3.04. The van der Waals surface area contributed by atoms with Crippen LogP contribution in [0.3, 0.4) is 0 Å². The third kappa shape index (κ3) is 1.82. The van der Waals surface area contributed by atoms with Crippen LogP contribution in [-0.4, -0.2) is 10.2 Å². The van der Waals surface area contributed by atoms with Crippen LogP contribution in [0.15, 0.2) is 36.4 Å². The summed E-state index contributed by atoms with van der Waals surface area (Å²) in [4.78, 5) is 5.71. The van der Waals surface area contributed by atoms with E-state index < -0.39 is 0 Å². The lowest BCUT2D eigenvalue weighted by Gasteiger charge is -2.13. The van der Waals surface area contributed by atoms with Gasteiger partial charge < -0.3 is 0 Å². The van der Waals surface area contributed by atoms with Gasteiger partial charge in [-0.3, -0.25) is 4.84 Å². The average molecular weight is 266 g/mol. The maximum Gasteiger partial charge on any atom is 0.110 e. The fraction of sp³-hybridized carbons (Fsp3) is 0.333. The van der Waals surface area contributed by atoms with E-state index in [0.717, 1.165) is 11.6 Å². The zero-order valence-corrected chi connectivity index (χ0v) is 9.85. The molecule has 0 spiro atoms. The molecule has 1 unspecified atom stereocenters. The van der Waals surface area contributed by atoms with Crippen LogP contribution in [0, 0.1) is 5.92 Å². The molecule has 0 N–H and O–H groups in total. The highest BCUT2D eigenvalue weighted by Gasteiger charge is 2.36. The van der Waals surface area contributed by atoms with Crippen LogP contribution in [0.1, 0.15) is 18.4 Å². The van der Waals surface area contributed by atoms with Crippen LogP contribution in [0.25, 0.3) is 5.70 Å². The van der Waals surface area contributed by atoms with Crippen molar-refractivity contribution in [3.8, 4) is 0 Å². The highest BCUT2D eigenvalue weighted by Crippen LogP contribution is 2.41. The van der Waals surface area contributed by atoms with Gasteiger partial charge in [0.15, 0.2) is 0 Å². The Morgan fingerprint density at radius 3 is 2.60 bits per heavy atom. The molecule has 1 saturated carbocycles. The lowest BCUT2D eigenvalue weighted by atomic mass is 10.1. The largest absolute Gasteiger partial charge is 0.255 e. The molecule has 1 atom stereocenters. The minimum Gasteiger partial charge on any atom is -0.255 e. The van der Waals surface area contributed by atoms with Crippen molar-refractivity contribution in [1.82, 2.24) is 4.09 Å². The maximum atomic E-state index is 5.71. The lowest BCUT2D eigenvalue weighted by Crippen LogP contribution is -2.12. The Hall–Kier alpha value is -0.800. The molecule has 1 aliphatic carbocycles. The second-order valence-electron chi connectivity index (χ2n) is 4.07. The molecule has 0 aromatic heterocycles. The number of hydroxylamine groups is 1. The van der Waals surface area contributed by atoms with Gasteiger partial charge in [0.05, 0.1) is 21.8 Å². The standard InChI is InChI=1S/C12H12BrNO/c13-14-11(9-4-2-1-3-5-9)8-12(15-14)10-6-7-10/h1-5,8,10,12H,6-7H2. The maximum absolute atomic E-state index is 5.71. The van der Waals surface area contributed by atoms with Gasteiger partial charge in [0.1, 0.15) is 6.10 Å². The van der Waals surface area contributed by atoms with Crippen molar-refractivity contribution < 1.29 is 4.84 Å². The van der Waals surface area contributed by atoms with Crippen molar-refractivity contribution in [3.05, 3.63) is 42.0 Å². The summed E-state index contributed by atoms with van der Waals surface area (Å²) in [6.07, 6.45) is 5.06. The Morgan fingerprint density at radius 1 is 1.20 bits per heavy atom. The summed E-state index contributed by atoms with van der Waals surface area (Å²) in [6.45, 7) is 0. The van der Waals surface area contributed by atoms with Gasteiger partial charge in [-0.25, -0.2) is 0 Å². The Balaban J connectivity index is 1.88. The van der Waals surface area contributed by atoms with Crippen molar-refractivity contribution in [1.29, 1.82) is 0 Å². The van der Waals surface area contributed by atoms with E-state index in [1.165, 1.54) is 18.4 Å². The fourth-order valence-electron chi connectivity index (χ4n) is 1.86. The summed E-state index contributed by atoms with van der Waals surface area (Å²) in [5.41, 5.74) is 2.31. The van der Waals surface area contributed by atoms with Crippen LogP contribution in [0.5, 0.6) is 0 Å². The summed E-state index contributed by atoms with van der Waals surface area (Å²) >= 11 is 3.42. The van der Waals surface area contributed by atoms with Gasteiger partial charge in [-0.05, 0) is 24.8 Å². The molecule has 1 aliphatic heterocycles. The lowest BCUT2D eigenvalue weighted by molar-refractivity contribution is -0.0477. The van der Waals surface area contributed by atoms with Gasteiger partial charge in [-0.15, -0.1) is 0 Å². The molecule has 1 aromatic carbocycles. The summed E-state index contributed by atoms with van der Waals surface area (Å²) in [5, 5.41) is 0. The van der Waals surface area contributed by atoms with Crippen molar-refractivity contribution in [3.63, 3.8) is 0 Å². The third-order valence-corrected chi connectivity index (χ3v) is 3.43. The third-order valence-electron chi connectivity index (χ3n) is 2.88. The quantitative estimate of drug-likeness (QED) is 0.761. The summed E-state index contributed by atoms with van der Waals surface area (Å²) in [7, 11) is 0. The van der Waals surface area contributed by atoms with E-state index in [-0.39, 0.29) is 6.10 Å². The highest BCUT2D eigenvalue weighted by atomic mass is 79.9. The summed E-state index contributed by atoms with van der Waals surface area (Å²) in [6, 6.07) is 10.3. The molecule has 0 saturated heterocycles. The molecule has 1 aromatic rings. The summed E-state index contributed by atoms with van der Waals surface area (Å²) in [5.74, 6) is 0.728. The molecule has 1 heterocycles.